The van der Waals surface area contributed by atoms with Crippen molar-refractivity contribution < 1.29 is 0 Å². The molecule has 0 rings (SSSR count). The van der Waals surface area contributed by atoms with Gasteiger partial charge in [0.15, 0.2) is 0 Å². The Balaban J connectivity index is 3.82. The molecule has 2 heteroatoms. The molecule has 0 heterocycles. The van der Waals surface area contributed by atoms with Gasteiger partial charge in [-0.2, -0.15) is 0 Å². The van der Waals surface area contributed by atoms with E-state index in [0.717, 1.165) is 6.54 Å². The molecule has 1 atom stereocenters. The minimum Gasteiger partial charge on any atom is -0.329 e. The molecule has 0 spiro atoms. The van der Waals surface area contributed by atoms with Gasteiger partial charge in [-0.15, -0.1) is 0 Å². The van der Waals surface area contributed by atoms with Gasteiger partial charge in [-0.3, -0.25) is 4.90 Å². The summed E-state index contributed by atoms with van der Waals surface area (Å²) < 4.78 is 0. The number of hydrogen-bond donors (Lipinski definition) is 1. The first-order valence-corrected chi connectivity index (χ1v) is 8.42. The highest BCUT2D eigenvalue weighted by molar-refractivity contribution is 4.83. The summed E-state index contributed by atoms with van der Waals surface area (Å²) in [5.41, 5.74) is 6.23. The van der Waals surface area contributed by atoms with Gasteiger partial charge >= 0.3 is 0 Å². The van der Waals surface area contributed by atoms with Crippen LogP contribution in [0.25, 0.3) is 0 Å². The highest BCUT2D eigenvalue weighted by atomic mass is 15.2. The fourth-order valence-electron chi connectivity index (χ4n) is 2.55. The molecular formula is C17H38N2. The molecule has 0 aromatic rings. The average molecular weight is 271 g/mol. The van der Waals surface area contributed by atoms with Crippen molar-refractivity contribution in [2.24, 2.45) is 5.73 Å². The van der Waals surface area contributed by atoms with E-state index in [1.54, 1.807) is 0 Å². The fraction of sp³-hybridized carbons (Fsp3) is 1.00. The third-order valence-electron chi connectivity index (χ3n) is 4.78. The largest absolute Gasteiger partial charge is 0.329 e. The van der Waals surface area contributed by atoms with Crippen LogP contribution in [0.2, 0.25) is 0 Å². The second-order valence-corrected chi connectivity index (χ2v) is 6.58. The molecule has 0 saturated carbocycles. The molecule has 19 heavy (non-hydrogen) atoms. The van der Waals surface area contributed by atoms with Crippen LogP contribution in [0.5, 0.6) is 0 Å². The van der Waals surface area contributed by atoms with Gasteiger partial charge in [-0.1, -0.05) is 58.8 Å². The zero-order valence-corrected chi connectivity index (χ0v) is 14.2. The molecule has 0 fully saturated rings. The predicted molar refractivity (Wildman–Crippen MR) is 87.6 cm³/mol. The molecule has 0 bridgehead atoms. The Kier molecular flexibility index (Phi) is 10.6. The van der Waals surface area contributed by atoms with Gasteiger partial charge < -0.3 is 5.73 Å². The Morgan fingerprint density at radius 1 is 0.947 bits per heavy atom. The van der Waals surface area contributed by atoms with Crippen molar-refractivity contribution in [2.45, 2.75) is 97.1 Å². The Bertz CT molecular complexity index is 201. The number of nitrogens with zero attached hydrogens (tertiary/aromatic N) is 1. The molecule has 0 saturated heterocycles. The zero-order valence-electron chi connectivity index (χ0n) is 14.2. The number of rotatable bonds is 12. The lowest BCUT2D eigenvalue weighted by molar-refractivity contribution is 0.0940. The molecule has 0 radical (unpaired) electrons. The highest BCUT2D eigenvalue weighted by Gasteiger charge is 2.26. The topological polar surface area (TPSA) is 29.3 Å². The van der Waals surface area contributed by atoms with Crippen LogP contribution in [0.1, 0.15) is 85.5 Å². The van der Waals surface area contributed by atoms with E-state index in [-0.39, 0.29) is 5.54 Å². The summed E-state index contributed by atoms with van der Waals surface area (Å²) in [6.07, 6.45) is 12.1. The van der Waals surface area contributed by atoms with Gasteiger partial charge in [0, 0.05) is 18.1 Å². The van der Waals surface area contributed by atoms with Crippen LogP contribution in [0.3, 0.4) is 0 Å². The molecule has 0 aromatic heterocycles. The minimum atomic E-state index is 0.269. The van der Waals surface area contributed by atoms with Gasteiger partial charge in [-0.05, 0) is 33.7 Å². The summed E-state index contributed by atoms with van der Waals surface area (Å²) in [6.45, 7) is 9.96. The van der Waals surface area contributed by atoms with Crippen molar-refractivity contribution in [2.75, 3.05) is 13.6 Å². The molecule has 0 amide bonds. The maximum absolute atomic E-state index is 5.96. The lowest BCUT2D eigenvalue weighted by Crippen LogP contribution is -2.49. The summed E-state index contributed by atoms with van der Waals surface area (Å²) >= 11 is 0. The van der Waals surface area contributed by atoms with Crippen molar-refractivity contribution in [3.63, 3.8) is 0 Å². The molecule has 1 unspecified atom stereocenters. The van der Waals surface area contributed by atoms with Crippen molar-refractivity contribution in [3.05, 3.63) is 0 Å². The second-order valence-electron chi connectivity index (χ2n) is 6.58. The third kappa shape index (κ3) is 7.94. The Hall–Kier alpha value is -0.0800. The van der Waals surface area contributed by atoms with Crippen LogP contribution in [-0.4, -0.2) is 30.1 Å². The van der Waals surface area contributed by atoms with E-state index in [9.17, 15) is 0 Å². The molecule has 116 valence electrons. The second kappa shape index (κ2) is 10.7. The Morgan fingerprint density at radius 3 is 1.95 bits per heavy atom. The SMILES string of the molecule is CCCCCCCCCC(CN)N(C)C(C)(C)CC. The van der Waals surface area contributed by atoms with Crippen LogP contribution in [0.4, 0.5) is 0 Å². The van der Waals surface area contributed by atoms with E-state index >= 15 is 0 Å². The van der Waals surface area contributed by atoms with E-state index < -0.39 is 0 Å². The third-order valence-corrected chi connectivity index (χ3v) is 4.78. The average Bonchev–Trinajstić information content (AvgIpc) is 2.41. The molecular weight excluding hydrogens is 232 g/mol. The maximum Gasteiger partial charge on any atom is 0.0220 e. The van der Waals surface area contributed by atoms with Crippen LogP contribution in [0, 0.1) is 0 Å². The van der Waals surface area contributed by atoms with Gasteiger partial charge in [0.2, 0.25) is 0 Å². The first kappa shape index (κ1) is 18.9. The molecule has 0 aliphatic heterocycles. The van der Waals surface area contributed by atoms with Crippen molar-refractivity contribution >= 4 is 0 Å². The van der Waals surface area contributed by atoms with E-state index in [2.05, 4.69) is 39.6 Å². The standard InChI is InChI=1S/C17H38N2/c1-6-8-9-10-11-12-13-14-16(15-18)19(5)17(3,4)7-2/h16H,6-15,18H2,1-5H3. The highest BCUT2D eigenvalue weighted by Crippen LogP contribution is 2.21. The number of unbranched alkanes of at least 4 members (excludes halogenated alkanes) is 6. The van der Waals surface area contributed by atoms with Gasteiger partial charge in [0.05, 0.1) is 0 Å². The van der Waals surface area contributed by atoms with Crippen molar-refractivity contribution in [1.82, 2.24) is 4.90 Å². The Morgan fingerprint density at radius 2 is 1.47 bits per heavy atom. The number of likely N-dealkylation sites (N-methyl/N-ethyl adjacent to an activating group) is 1. The predicted octanol–water partition coefficient (Wildman–Crippen LogP) is 4.57. The number of hydrogen-bond acceptors (Lipinski definition) is 2. The molecule has 0 aliphatic rings. The van der Waals surface area contributed by atoms with Crippen LogP contribution in [0.15, 0.2) is 0 Å². The fourth-order valence-corrected chi connectivity index (χ4v) is 2.55. The monoisotopic (exact) mass is 270 g/mol. The van der Waals surface area contributed by atoms with E-state index in [1.165, 1.54) is 57.8 Å². The van der Waals surface area contributed by atoms with E-state index in [1.807, 2.05) is 0 Å². The van der Waals surface area contributed by atoms with Gasteiger partial charge in [0.1, 0.15) is 0 Å². The molecule has 2 nitrogen and oxygen atoms in total. The maximum atomic E-state index is 5.96. The lowest BCUT2D eigenvalue weighted by atomic mass is 9.95. The van der Waals surface area contributed by atoms with Gasteiger partial charge in [0.25, 0.3) is 0 Å². The molecule has 2 N–H and O–H groups in total. The summed E-state index contributed by atoms with van der Waals surface area (Å²) in [6, 6.07) is 0.547. The van der Waals surface area contributed by atoms with Crippen LogP contribution in [-0.2, 0) is 0 Å². The summed E-state index contributed by atoms with van der Waals surface area (Å²) in [5, 5.41) is 0. The van der Waals surface area contributed by atoms with Crippen LogP contribution < -0.4 is 5.73 Å². The van der Waals surface area contributed by atoms with E-state index in [4.69, 9.17) is 5.73 Å². The quantitative estimate of drug-likeness (QED) is 0.526. The molecule has 0 aromatic carbocycles. The first-order chi connectivity index (χ1) is 8.99. The minimum absolute atomic E-state index is 0.269. The summed E-state index contributed by atoms with van der Waals surface area (Å²) in [5.74, 6) is 0. The number of nitrogens with two attached hydrogens (primary N) is 1. The zero-order chi connectivity index (χ0) is 14.7. The van der Waals surface area contributed by atoms with Crippen molar-refractivity contribution in [3.8, 4) is 0 Å². The lowest BCUT2D eigenvalue weighted by Gasteiger charge is -2.40. The normalized spacial score (nSPS) is 14.1. The van der Waals surface area contributed by atoms with Crippen LogP contribution >= 0.6 is 0 Å². The first-order valence-electron chi connectivity index (χ1n) is 8.42. The van der Waals surface area contributed by atoms with Crippen molar-refractivity contribution in [1.29, 1.82) is 0 Å². The summed E-state index contributed by atoms with van der Waals surface area (Å²) in [4.78, 5) is 2.49. The smallest absolute Gasteiger partial charge is 0.0220 e. The molecule has 0 aliphatic carbocycles. The Labute approximate surface area is 122 Å². The summed E-state index contributed by atoms with van der Waals surface area (Å²) in [7, 11) is 2.24. The van der Waals surface area contributed by atoms with Gasteiger partial charge in [-0.25, -0.2) is 0 Å². The van der Waals surface area contributed by atoms with E-state index in [0.29, 0.717) is 6.04 Å².